The second kappa shape index (κ2) is 14.7. The largest absolute Gasteiger partial charge is 0.500 e. The van der Waals surface area contributed by atoms with Crippen molar-refractivity contribution in [3.05, 3.63) is 150 Å². The van der Waals surface area contributed by atoms with E-state index in [9.17, 15) is 0 Å². The Kier molecular flexibility index (Phi) is 10.3. The topological polar surface area (TPSA) is 51.8 Å². The first-order valence-electron chi connectivity index (χ1n) is 17.1. The number of pyridine rings is 3. The molecule has 4 aromatic carbocycles. The number of benzene rings is 4. The molecule has 0 unspecified atom stereocenters. The zero-order valence-corrected chi connectivity index (χ0v) is 32.6. The molecule has 5 heteroatoms. The molecular formula is C46H41IrN3O-2. The van der Waals surface area contributed by atoms with E-state index in [2.05, 4.69) is 123 Å². The van der Waals surface area contributed by atoms with Crippen molar-refractivity contribution in [3.63, 3.8) is 0 Å². The molecule has 0 atom stereocenters. The maximum absolute atomic E-state index is 6.31. The maximum Gasteiger partial charge on any atom is 0.128 e. The van der Waals surface area contributed by atoms with Crippen molar-refractivity contribution < 1.29 is 24.5 Å². The maximum atomic E-state index is 6.31. The van der Waals surface area contributed by atoms with Crippen molar-refractivity contribution in [1.29, 1.82) is 0 Å². The van der Waals surface area contributed by atoms with Gasteiger partial charge in [-0.05, 0) is 72.8 Å². The van der Waals surface area contributed by atoms with E-state index in [1.54, 1.807) is 6.20 Å². The van der Waals surface area contributed by atoms with E-state index in [4.69, 9.17) is 4.42 Å². The number of furan rings is 1. The van der Waals surface area contributed by atoms with Crippen molar-refractivity contribution in [2.75, 3.05) is 0 Å². The first-order valence-corrected chi connectivity index (χ1v) is 17.1. The van der Waals surface area contributed by atoms with Crippen LogP contribution < -0.4 is 0 Å². The Morgan fingerprint density at radius 1 is 0.647 bits per heavy atom. The Labute approximate surface area is 314 Å². The molecule has 0 bridgehead atoms. The molecule has 4 aromatic heterocycles. The number of hydrogen-bond acceptors (Lipinski definition) is 4. The van der Waals surface area contributed by atoms with Crippen molar-refractivity contribution in [3.8, 4) is 33.6 Å². The van der Waals surface area contributed by atoms with E-state index in [1.807, 2.05) is 55.7 Å². The van der Waals surface area contributed by atoms with E-state index >= 15 is 0 Å². The smallest absolute Gasteiger partial charge is 0.128 e. The summed E-state index contributed by atoms with van der Waals surface area (Å²) in [7, 11) is 0. The molecule has 0 N–H and O–H groups in total. The summed E-state index contributed by atoms with van der Waals surface area (Å²) < 4.78 is 6.31. The molecule has 8 aromatic rings. The minimum atomic E-state index is 0. The van der Waals surface area contributed by atoms with E-state index in [0.717, 1.165) is 67.3 Å². The normalized spacial score (nSPS) is 11.4. The van der Waals surface area contributed by atoms with Crippen LogP contribution in [0.4, 0.5) is 0 Å². The van der Waals surface area contributed by atoms with Gasteiger partial charge in [-0.1, -0.05) is 104 Å². The predicted molar refractivity (Wildman–Crippen MR) is 207 cm³/mol. The van der Waals surface area contributed by atoms with Crippen LogP contribution in [-0.2, 0) is 26.5 Å². The van der Waals surface area contributed by atoms with Gasteiger partial charge in [-0.15, -0.1) is 47.5 Å². The second-order valence-corrected chi connectivity index (χ2v) is 14.4. The predicted octanol–water partition coefficient (Wildman–Crippen LogP) is 12.0. The van der Waals surface area contributed by atoms with Crippen LogP contribution in [0.1, 0.15) is 48.7 Å². The first-order chi connectivity index (χ1) is 24.1. The van der Waals surface area contributed by atoms with Gasteiger partial charge in [-0.2, -0.15) is 0 Å². The van der Waals surface area contributed by atoms with E-state index in [-0.39, 0.29) is 20.1 Å². The molecule has 4 heterocycles. The summed E-state index contributed by atoms with van der Waals surface area (Å²) in [6.45, 7) is 15.2. The number of aryl methyl sites for hydroxylation is 4. The van der Waals surface area contributed by atoms with Crippen molar-refractivity contribution in [1.82, 2.24) is 15.0 Å². The Morgan fingerprint density at radius 3 is 2.12 bits per heavy atom. The summed E-state index contributed by atoms with van der Waals surface area (Å²) in [4.78, 5) is 13.4. The second-order valence-electron chi connectivity index (χ2n) is 14.4. The van der Waals surface area contributed by atoms with Crippen LogP contribution in [0, 0.1) is 45.2 Å². The molecule has 0 fully saturated rings. The zero-order chi connectivity index (χ0) is 35.0. The fourth-order valence-corrected chi connectivity index (χ4v) is 6.51. The number of aromatic nitrogens is 3. The van der Waals surface area contributed by atoms with Crippen LogP contribution in [0.15, 0.2) is 114 Å². The fourth-order valence-electron chi connectivity index (χ4n) is 6.51. The molecule has 257 valence electrons. The van der Waals surface area contributed by atoms with Crippen molar-refractivity contribution >= 4 is 32.7 Å². The minimum Gasteiger partial charge on any atom is -0.500 e. The summed E-state index contributed by atoms with van der Waals surface area (Å²) in [6, 6.07) is 38.2. The molecule has 0 spiro atoms. The molecule has 4 nitrogen and oxygen atoms in total. The van der Waals surface area contributed by atoms with Gasteiger partial charge in [0.15, 0.2) is 0 Å². The average Bonchev–Trinajstić information content (AvgIpc) is 3.50. The van der Waals surface area contributed by atoms with Gasteiger partial charge >= 0.3 is 0 Å². The monoisotopic (exact) mass is 844 g/mol. The van der Waals surface area contributed by atoms with Gasteiger partial charge in [0.2, 0.25) is 0 Å². The molecule has 0 aliphatic heterocycles. The van der Waals surface area contributed by atoms with E-state index in [1.165, 1.54) is 33.4 Å². The first kappa shape index (κ1) is 35.9. The Morgan fingerprint density at radius 2 is 1.39 bits per heavy atom. The van der Waals surface area contributed by atoms with Crippen LogP contribution >= 0.6 is 0 Å². The average molecular weight is 844 g/mol. The summed E-state index contributed by atoms with van der Waals surface area (Å²) in [6.07, 6.45) is 6.65. The van der Waals surface area contributed by atoms with Crippen LogP contribution in [0.25, 0.3) is 66.4 Å². The standard InChI is InChI=1S/C25H28N.C21H13N2O.Ir/c1-17-7-10-22(24-13-18(2)19(3)16-26-24)14-23(17)21-11-8-20(9-12-21)15-25(4,5)6;1-13-14-8-9-16-15-5-4-6-18(19-7-2-3-11-23-19)21(15)24-20(16)17(14)10-12-22-13;/h7-9,11-14,16H,15H2,1-6H3;2-5,7-12H,1H3;/q2*-1;. The van der Waals surface area contributed by atoms with Gasteiger partial charge in [0.1, 0.15) is 5.58 Å². The van der Waals surface area contributed by atoms with Crippen molar-refractivity contribution in [2.24, 2.45) is 5.41 Å². The number of nitrogens with zero attached hydrogens (tertiary/aromatic N) is 3. The van der Waals surface area contributed by atoms with Gasteiger partial charge in [0.05, 0.1) is 5.58 Å². The number of hydrogen-bond donors (Lipinski definition) is 0. The Bertz CT molecular complexity index is 2480. The van der Waals surface area contributed by atoms with Gasteiger partial charge in [-0.3, -0.25) is 4.98 Å². The van der Waals surface area contributed by atoms with Crippen LogP contribution in [0.5, 0.6) is 0 Å². The summed E-state index contributed by atoms with van der Waals surface area (Å²) in [5, 5.41) is 4.39. The third-order valence-corrected chi connectivity index (χ3v) is 9.27. The van der Waals surface area contributed by atoms with Crippen LogP contribution in [0.3, 0.4) is 0 Å². The van der Waals surface area contributed by atoms with Gasteiger partial charge in [-0.25, -0.2) is 0 Å². The summed E-state index contributed by atoms with van der Waals surface area (Å²) >= 11 is 0. The SMILES string of the molecule is Cc1cnc(-c2[c-]cc(C)c(-c3ccc(CC(C)(C)C)cc3)c2)cc1C.Cc1nccc2c1ccc1c3cc[c-]c(-c4ccccn4)c3oc21.[Ir]. The molecule has 51 heavy (non-hydrogen) atoms. The molecule has 0 saturated carbocycles. The van der Waals surface area contributed by atoms with Gasteiger partial charge < -0.3 is 14.4 Å². The molecule has 0 amide bonds. The van der Waals surface area contributed by atoms with Crippen molar-refractivity contribution in [2.45, 2.75) is 54.9 Å². The number of fused-ring (bicyclic) bond motifs is 5. The third kappa shape index (κ3) is 7.56. The fraction of sp³-hybridized carbons (Fsp3) is 0.196. The summed E-state index contributed by atoms with van der Waals surface area (Å²) in [5.41, 5.74) is 14.4. The Balaban J connectivity index is 0.000000173. The molecular weight excluding hydrogens is 803 g/mol. The summed E-state index contributed by atoms with van der Waals surface area (Å²) in [5.74, 6) is 0. The zero-order valence-electron chi connectivity index (χ0n) is 30.2. The quantitative estimate of drug-likeness (QED) is 0.166. The number of rotatable bonds is 4. The van der Waals surface area contributed by atoms with Crippen LogP contribution in [0.2, 0.25) is 0 Å². The molecule has 1 radical (unpaired) electrons. The van der Waals surface area contributed by atoms with E-state index < -0.39 is 0 Å². The van der Waals surface area contributed by atoms with E-state index in [0.29, 0.717) is 5.41 Å². The molecule has 0 aliphatic carbocycles. The molecule has 0 saturated heterocycles. The Hall–Kier alpha value is -4.96. The van der Waals surface area contributed by atoms with Gasteiger partial charge in [0, 0.05) is 60.5 Å². The van der Waals surface area contributed by atoms with Gasteiger partial charge in [0.25, 0.3) is 0 Å². The third-order valence-electron chi connectivity index (χ3n) is 9.27. The molecule has 0 aliphatic rings. The molecule has 8 rings (SSSR count). The minimum absolute atomic E-state index is 0. The van der Waals surface area contributed by atoms with Crippen LogP contribution in [-0.4, -0.2) is 15.0 Å².